The van der Waals surface area contributed by atoms with Gasteiger partial charge >= 0.3 is 0 Å². The first-order valence-corrected chi connectivity index (χ1v) is 7.22. The van der Waals surface area contributed by atoms with Crippen molar-refractivity contribution in [1.29, 1.82) is 5.26 Å². The summed E-state index contributed by atoms with van der Waals surface area (Å²) in [6.45, 7) is 4.72. The summed E-state index contributed by atoms with van der Waals surface area (Å²) in [7, 11) is 1.58. The standard InChI is InChI=1S/C16H21N3O2/c1-3-13-11-19(7-6-15(13)18-20)10-12-4-5-14(9-17)16(8-12)21-2/h4-5,8,13,20H,3,6-7,10-11H2,1-2H3/b18-15+. The number of rotatable bonds is 4. The molecule has 1 aromatic carbocycles. The summed E-state index contributed by atoms with van der Waals surface area (Å²) in [6.07, 6.45) is 1.79. The second kappa shape index (κ2) is 7.09. The second-order valence-corrected chi connectivity index (χ2v) is 5.33. The number of oxime groups is 1. The minimum absolute atomic E-state index is 0.323. The highest BCUT2D eigenvalue weighted by Gasteiger charge is 2.24. The third-order valence-corrected chi connectivity index (χ3v) is 4.05. The Labute approximate surface area is 125 Å². The molecule has 1 fully saturated rings. The Kier molecular flexibility index (Phi) is 5.18. The largest absolute Gasteiger partial charge is 0.495 e. The van der Waals surface area contributed by atoms with Crippen LogP contribution in [-0.4, -0.2) is 36.0 Å². The smallest absolute Gasteiger partial charge is 0.136 e. The van der Waals surface area contributed by atoms with E-state index < -0.39 is 0 Å². The van der Waals surface area contributed by atoms with Crippen molar-refractivity contribution in [3.63, 3.8) is 0 Å². The lowest BCUT2D eigenvalue weighted by Gasteiger charge is -2.32. The maximum atomic E-state index is 9.02. The van der Waals surface area contributed by atoms with Crippen LogP contribution >= 0.6 is 0 Å². The van der Waals surface area contributed by atoms with E-state index in [0.29, 0.717) is 17.2 Å². The summed E-state index contributed by atoms with van der Waals surface area (Å²) in [6, 6.07) is 7.82. The molecular formula is C16H21N3O2. The lowest BCUT2D eigenvalue weighted by atomic mass is 9.93. The van der Waals surface area contributed by atoms with Crippen LogP contribution in [0.15, 0.2) is 23.4 Å². The van der Waals surface area contributed by atoms with Gasteiger partial charge in [0.15, 0.2) is 0 Å². The molecule has 1 saturated heterocycles. The van der Waals surface area contributed by atoms with Crippen LogP contribution < -0.4 is 4.74 Å². The number of benzene rings is 1. The van der Waals surface area contributed by atoms with Gasteiger partial charge in [-0.15, -0.1) is 0 Å². The monoisotopic (exact) mass is 287 g/mol. The summed E-state index contributed by atoms with van der Waals surface area (Å²) in [5.41, 5.74) is 2.59. The third-order valence-electron chi connectivity index (χ3n) is 4.05. The van der Waals surface area contributed by atoms with E-state index in [4.69, 9.17) is 15.2 Å². The van der Waals surface area contributed by atoms with Crippen LogP contribution in [0.4, 0.5) is 0 Å². The molecule has 1 aromatic rings. The van der Waals surface area contributed by atoms with E-state index in [1.807, 2.05) is 12.1 Å². The Hall–Kier alpha value is -2.06. The summed E-state index contributed by atoms with van der Waals surface area (Å²) in [5, 5.41) is 21.4. The number of ether oxygens (including phenoxy) is 1. The maximum Gasteiger partial charge on any atom is 0.136 e. The summed E-state index contributed by atoms with van der Waals surface area (Å²) < 4.78 is 5.25. The van der Waals surface area contributed by atoms with Crippen LogP contribution in [0.1, 0.15) is 30.9 Å². The molecule has 0 radical (unpaired) electrons. The minimum Gasteiger partial charge on any atom is -0.495 e. The first-order valence-electron chi connectivity index (χ1n) is 7.22. The van der Waals surface area contributed by atoms with Crippen LogP contribution in [0.25, 0.3) is 0 Å². The number of nitriles is 1. The maximum absolute atomic E-state index is 9.02. The molecule has 1 N–H and O–H groups in total. The number of hydrogen-bond acceptors (Lipinski definition) is 5. The van der Waals surface area contributed by atoms with Crippen molar-refractivity contribution in [1.82, 2.24) is 4.90 Å². The Bertz CT molecular complexity index is 563. The van der Waals surface area contributed by atoms with Crippen molar-refractivity contribution in [2.45, 2.75) is 26.3 Å². The lowest BCUT2D eigenvalue weighted by molar-refractivity contribution is 0.220. The fourth-order valence-corrected chi connectivity index (χ4v) is 2.81. The molecule has 1 atom stereocenters. The molecule has 0 spiro atoms. The Balaban J connectivity index is 2.07. The summed E-state index contributed by atoms with van der Waals surface area (Å²) >= 11 is 0. The molecule has 1 aliphatic heterocycles. The minimum atomic E-state index is 0.323. The van der Waals surface area contributed by atoms with Crippen LogP contribution in [0.2, 0.25) is 0 Å². The van der Waals surface area contributed by atoms with Gasteiger partial charge in [0.25, 0.3) is 0 Å². The van der Waals surface area contributed by atoms with Gasteiger partial charge in [-0.2, -0.15) is 5.26 Å². The zero-order valence-corrected chi connectivity index (χ0v) is 12.5. The SMILES string of the molecule is CCC1CN(Cc2ccc(C#N)c(OC)c2)CC/C1=N\O. The summed E-state index contributed by atoms with van der Waals surface area (Å²) in [4.78, 5) is 2.35. The van der Waals surface area contributed by atoms with Gasteiger partial charge in [0.1, 0.15) is 11.8 Å². The molecule has 0 saturated carbocycles. The van der Waals surface area contributed by atoms with E-state index in [2.05, 4.69) is 23.0 Å². The van der Waals surface area contributed by atoms with E-state index in [-0.39, 0.29) is 0 Å². The van der Waals surface area contributed by atoms with Gasteiger partial charge in [0.05, 0.1) is 18.4 Å². The molecule has 0 aliphatic carbocycles. The Morgan fingerprint density at radius 1 is 1.52 bits per heavy atom. The van der Waals surface area contributed by atoms with E-state index in [9.17, 15) is 0 Å². The van der Waals surface area contributed by atoms with Crippen molar-refractivity contribution in [2.24, 2.45) is 11.1 Å². The van der Waals surface area contributed by atoms with Gasteiger partial charge in [-0.05, 0) is 24.1 Å². The zero-order chi connectivity index (χ0) is 15.2. The number of hydrogen-bond donors (Lipinski definition) is 1. The highest BCUT2D eigenvalue weighted by atomic mass is 16.5. The first kappa shape index (κ1) is 15.3. The predicted molar refractivity (Wildman–Crippen MR) is 80.6 cm³/mol. The predicted octanol–water partition coefficient (Wildman–Crippen LogP) is 2.63. The fraction of sp³-hybridized carbons (Fsp3) is 0.500. The van der Waals surface area contributed by atoms with Crippen LogP contribution in [0.3, 0.4) is 0 Å². The lowest BCUT2D eigenvalue weighted by Crippen LogP contribution is -2.40. The van der Waals surface area contributed by atoms with Gasteiger partial charge in [0.2, 0.25) is 0 Å². The molecule has 0 bridgehead atoms. The van der Waals surface area contributed by atoms with E-state index in [1.54, 1.807) is 13.2 Å². The van der Waals surface area contributed by atoms with Crippen molar-refractivity contribution in [2.75, 3.05) is 20.2 Å². The fourth-order valence-electron chi connectivity index (χ4n) is 2.81. The average molecular weight is 287 g/mol. The number of methoxy groups -OCH3 is 1. The topological polar surface area (TPSA) is 68.9 Å². The average Bonchev–Trinajstić information content (AvgIpc) is 2.54. The number of nitrogens with zero attached hydrogens (tertiary/aromatic N) is 3. The normalized spacial score (nSPS) is 21.2. The van der Waals surface area contributed by atoms with Gasteiger partial charge < -0.3 is 9.94 Å². The van der Waals surface area contributed by atoms with Crippen molar-refractivity contribution in [3.05, 3.63) is 29.3 Å². The van der Waals surface area contributed by atoms with Gasteiger partial charge in [-0.3, -0.25) is 4.90 Å². The molecule has 2 rings (SSSR count). The molecule has 112 valence electrons. The molecule has 5 heteroatoms. The van der Waals surface area contributed by atoms with Crippen molar-refractivity contribution in [3.8, 4) is 11.8 Å². The quantitative estimate of drug-likeness (QED) is 0.682. The van der Waals surface area contributed by atoms with Gasteiger partial charge in [-0.25, -0.2) is 0 Å². The Morgan fingerprint density at radius 3 is 2.95 bits per heavy atom. The number of likely N-dealkylation sites (tertiary alicyclic amines) is 1. The molecule has 1 heterocycles. The molecule has 5 nitrogen and oxygen atoms in total. The van der Waals surface area contributed by atoms with Crippen LogP contribution in [-0.2, 0) is 6.54 Å². The van der Waals surface area contributed by atoms with Gasteiger partial charge in [0, 0.05) is 32.0 Å². The second-order valence-electron chi connectivity index (χ2n) is 5.33. The molecule has 1 aliphatic rings. The first-order chi connectivity index (χ1) is 10.2. The van der Waals surface area contributed by atoms with Crippen LogP contribution in [0.5, 0.6) is 5.75 Å². The number of piperidine rings is 1. The Morgan fingerprint density at radius 2 is 2.33 bits per heavy atom. The van der Waals surface area contributed by atoms with Crippen LogP contribution in [0, 0.1) is 17.2 Å². The van der Waals surface area contributed by atoms with E-state index >= 15 is 0 Å². The van der Waals surface area contributed by atoms with Crippen molar-refractivity contribution >= 4 is 5.71 Å². The molecule has 21 heavy (non-hydrogen) atoms. The summed E-state index contributed by atoms with van der Waals surface area (Å²) in [5.74, 6) is 0.945. The highest BCUT2D eigenvalue weighted by molar-refractivity contribution is 5.87. The van der Waals surface area contributed by atoms with Gasteiger partial charge in [-0.1, -0.05) is 18.1 Å². The molecule has 1 unspecified atom stereocenters. The van der Waals surface area contributed by atoms with Crippen molar-refractivity contribution < 1.29 is 9.94 Å². The zero-order valence-electron chi connectivity index (χ0n) is 12.5. The third kappa shape index (κ3) is 3.53. The molecular weight excluding hydrogens is 266 g/mol. The molecule has 0 amide bonds. The van der Waals surface area contributed by atoms with E-state index in [1.165, 1.54) is 0 Å². The van der Waals surface area contributed by atoms with E-state index in [0.717, 1.165) is 43.8 Å². The highest BCUT2D eigenvalue weighted by Crippen LogP contribution is 2.23. The molecule has 0 aromatic heterocycles.